The first-order valence-corrected chi connectivity index (χ1v) is 10.2. The van der Waals surface area contributed by atoms with E-state index in [0.29, 0.717) is 0 Å². The smallest absolute Gasteiger partial charge is 0.133 e. The molecule has 1 N–H and O–H groups in total. The topological polar surface area (TPSA) is 50.3 Å². The molecule has 0 radical (unpaired) electrons. The van der Waals surface area contributed by atoms with E-state index >= 15 is 0 Å². The van der Waals surface area contributed by atoms with Gasteiger partial charge >= 0.3 is 0 Å². The lowest BCUT2D eigenvalue weighted by molar-refractivity contribution is 0.0506. The van der Waals surface area contributed by atoms with Crippen molar-refractivity contribution in [2.75, 3.05) is 31.6 Å². The summed E-state index contributed by atoms with van der Waals surface area (Å²) in [6, 6.07) is 12.5. The van der Waals surface area contributed by atoms with Crippen molar-refractivity contribution >= 4 is 22.4 Å². The third kappa shape index (κ3) is 3.73. The summed E-state index contributed by atoms with van der Waals surface area (Å²) in [7, 11) is 0. The molecule has 5 heteroatoms. The minimum absolute atomic E-state index is 0.776. The highest BCUT2D eigenvalue weighted by Crippen LogP contribution is 2.28. The Morgan fingerprint density at radius 3 is 2.93 bits per heavy atom. The summed E-state index contributed by atoms with van der Waals surface area (Å²) in [5.74, 6) is 1.75. The lowest BCUT2D eigenvalue weighted by Crippen LogP contribution is -2.36. The summed E-state index contributed by atoms with van der Waals surface area (Å²) in [4.78, 5) is 11.8. The Bertz CT molecular complexity index is 968. The van der Waals surface area contributed by atoms with Crippen LogP contribution in [0.2, 0.25) is 0 Å². The molecule has 0 amide bonds. The molecule has 0 spiro atoms. The van der Waals surface area contributed by atoms with Gasteiger partial charge in [-0.1, -0.05) is 18.2 Å². The number of anilines is 2. The number of para-hydroxylation sites is 1. The Morgan fingerprint density at radius 1 is 1.11 bits per heavy atom. The van der Waals surface area contributed by atoms with Crippen LogP contribution >= 0.6 is 0 Å². The van der Waals surface area contributed by atoms with Gasteiger partial charge < -0.3 is 10.1 Å². The molecule has 144 valence electrons. The van der Waals surface area contributed by atoms with Gasteiger partial charge in [-0.25, -0.2) is 4.98 Å². The van der Waals surface area contributed by atoms with E-state index in [0.717, 1.165) is 61.1 Å². The number of ether oxygens (including phenoxy) is 1. The summed E-state index contributed by atoms with van der Waals surface area (Å²) in [5, 5.41) is 4.65. The Morgan fingerprint density at radius 2 is 2.00 bits per heavy atom. The van der Waals surface area contributed by atoms with Crippen LogP contribution in [0.3, 0.4) is 0 Å². The highest BCUT2D eigenvalue weighted by Gasteiger charge is 2.23. The molecule has 4 heterocycles. The number of hydrogen-bond donors (Lipinski definition) is 1. The Kier molecular flexibility index (Phi) is 4.93. The summed E-state index contributed by atoms with van der Waals surface area (Å²) in [6.07, 6.45) is 7.25. The van der Waals surface area contributed by atoms with Crippen LogP contribution in [0.25, 0.3) is 10.9 Å². The van der Waals surface area contributed by atoms with Gasteiger partial charge in [-0.3, -0.25) is 9.88 Å². The molecule has 28 heavy (non-hydrogen) atoms. The molecule has 2 aliphatic heterocycles. The molecular weight excluding hydrogens is 348 g/mol. The average Bonchev–Trinajstić information content (AvgIpc) is 2.74. The van der Waals surface area contributed by atoms with Gasteiger partial charge in [-0.2, -0.15) is 0 Å². The number of fused-ring (bicyclic) bond motifs is 2. The van der Waals surface area contributed by atoms with Crippen LogP contribution in [0.5, 0.6) is 0 Å². The number of nitrogens with zero attached hydrogens (tertiary/aromatic N) is 3. The first-order chi connectivity index (χ1) is 13.8. The quantitative estimate of drug-likeness (QED) is 0.743. The Hall–Kier alpha value is -2.50. The summed E-state index contributed by atoms with van der Waals surface area (Å²) in [5.41, 5.74) is 4.74. The van der Waals surface area contributed by atoms with E-state index in [2.05, 4.69) is 38.4 Å². The first kappa shape index (κ1) is 17.6. The Balaban J connectivity index is 1.32. The third-order valence-electron chi connectivity index (χ3n) is 5.94. The van der Waals surface area contributed by atoms with Gasteiger partial charge in [-0.15, -0.1) is 0 Å². The fraction of sp³-hybridized carbons (Fsp3) is 0.391. The lowest BCUT2D eigenvalue weighted by atomic mass is 9.96. The van der Waals surface area contributed by atoms with Crippen LogP contribution in [-0.4, -0.2) is 41.2 Å². The second-order valence-corrected chi connectivity index (χ2v) is 7.88. The first-order valence-electron chi connectivity index (χ1n) is 10.2. The van der Waals surface area contributed by atoms with Crippen LogP contribution < -0.4 is 5.32 Å². The zero-order valence-electron chi connectivity index (χ0n) is 16.1. The van der Waals surface area contributed by atoms with Crippen molar-refractivity contribution in [3.8, 4) is 0 Å². The standard InChI is InChI=1S/C23H26N4O/c1-2-4-22-18(3-1)13-20(14-25-22)26-23-21-6-10-27(16-19(21)5-9-24-23)15-17-7-11-28-12-8-17/h1-5,9,13-14,17H,6-8,10-12,15-16H2,(H,24,26). The zero-order valence-corrected chi connectivity index (χ0v) is 16.1. The maximum atomic E-state index is 5.50. The summed E-state index contributed by atoms with van der Waals surface area (Å²) in [6.45, 7) is 5.14. The largest absolute Gasteiger partial charge is 0.381 e. The van der Waals surface area contributed by atoms with Crippen molar-refractivity contribution in [2.45, 2.75) is 25.8 Å². The van der Waals surface area contributed by atoms with Crippen molar-refractivity contribution in [1.82, 2.24) is 14.9 Å². The van der Waals surface area contributed by atoms with Crippen LogP contribution in [-0.2, 0) is 17.7 Å². The maximum absolute atomic E-state index is 5.50. The van der Waals surface area contributed by atoms with E-state index in [1.165, 1.54) is 30.5 Å². The molecule has 2 aromatic heterocycles. The lowest BCUT2D eigenvalue weighted by Gasteiger charge is -2.33. The van der Waals surface area contributed by atoms with Crippen molar-refractivity contribution in [1.29, 1.82) is 0 Å². The molecule has 0 atom stereocenters. The van der Waals surface area contributed by atoms with Gasteiger partial charge in [0.15, 0.2) is 0 Å². The number of pyridine rings is 2. The van der Waals surface area contributed by atoms with Crippen LogP contribution in [0.4, 0.5) is 11.5 Å². The fourth-order valence-electron chi connectivity index (χ4n) is 4.38. The fourth-order valence-corrected chi connectivity index (χ4v) is 4.38. The van der Waals surface area contributed by atoms with E-state index < -0.39 is 0 Å². The second-order valence-electron chi connectivity index (χ2n) is 7.88. The molecule has 3 aromatic rings. The van der Waals surface area contributed by atoms with E-state index in [9.17, 15) is 0 Å². The average molecular weight is 374 g/mol. The molecule has 0 saturated carbocycles. The van der Waals surface area contributed by atoms with Gasteiger partial charge in [0.25, 0.3) is 0 Å². The number of aromatic nitrogens is 2. The summed E-state index contributed by atoms with van der Waals surface area (Å²) < 4.78 is 5.50. The predicted molar refractivity (Wildman–Crippen MR) is 112 cm³/mol. The van der Waals surface area contributed by atoms with Gasteiger partial charge in [0.1, 0.15) is 5.82 Å². The minimum Gasteiger partial charge on any atom is -0.381 e. The SMILES string of the molecule is c1ccc2ncc(Nc3nccc4c3CCN(CC3CCOCC3)C4)cc2c1. The summed E-state index contributed by atoms with van der Waals surface area (Å²) >= 11 is 0. The number of nitrogens with one attached hydrogen (secondary N) is 1. The monoisotopic (exact) mass is 374 g/mol. The van der Waals surface area contributed by atoms with Crippen molar-refractivity contribution < 1.29 is 4.74 Å². The van der Waals surface area contributed by atoms with Crippen molar-refractivity contribution in [3.63, 3.8) is 0 Å². The maximum Gasteiger partial charge on any atom is 0.133 e. The molecule has 1 saturated heterocycles. The highest BCUT2D eigenvalue weighted by molar-refractivity contribution is 5.82. The van der Waals surface area contributed by atoms with Crippen molar-refractivity contribution in [2.24, 2.45) is 5.92 Å². The third-order valence-corrected chi connectivity index (χ3v) is 5.94. The molecule has 1 fully saturated rings. The molecular formula is C23H26N4O. The molecule has 1 aromatic carbocycles. The van der Waals surface area contributed by atoms with Gasteiger partial charge in [-0.05, 0) is 48.9 Å². The molecule has 0 aliphatic carbocycles. The van der Waals surface area contributed by atoms with Crippen LogP contribution in [0, 0.1) is 5.92 Å². The van der Waals surface area contributed by atoms with Gasteiger partial charge in [0, 0.05) is 50.0 Å². The molecule has 5 nitrogen and oxygen atoms in total. The van der Waals surface area contributed by atoms with E-state index in [-0.39, 0.29) is 0 Å². The molecule has 5 rings (SSSR count). The second kappa shape index (κ2) is 7.86. The number of benzene rings is 1. The van der Waals surface area contributed by atoms with Gasteiger partial charge in [0.2, 0.25) is 0 Å². The van der Waals surface area contributed by atoms with Crippen LogP contribution in [0.15, 0.2) is 48.8 Å². The van der Waals surface area contributed by atoms with E-state index in [1.807, 2.05) is 30.6 Å². The molecule has 0 bridgehead atoms. The van der Waals surface area contributed by atoms with Gasteiger partial charge in [0.05, 0.1) is 17.4 Å². The number of hydrogen-bond acceptors (Lipinski definition) is 5. The molecule has 2 aliphatic rings. The molecule has 0 unspecified atom stereocenters. The predicted octanol–water partition coefficient (Wildman–Crippen LogP) is 4.16. The minimum atomic E-state index is 0.776. The van der Waals surface area contributed by atoms with E-state index in [4.69, 9.17) is 4.74 Å². The number of rotatable bonds is 4. The zero-order chi connectivity index (χ0) is 18.8. The van der Waals surface area contributed by atoms with Crippen LogP contribution in [0.1, 0.15) is 24.0 Å². The Labute approximate surface area is 165 Å². The normalized spacial score (nSPS) is 18.1. The highest BCUT2D eigenvalue weighted by atomic mass is 16.5. The van der Waals surface area contributed by atoms with Crippen molar-refractivity contribution in [3.05, 3.63) is 59.9 Å². The van der Waals surface area contributed by atoms with E-state index in [1.54, 1.807) is 0 Å².